The van der Waals surface area contributed by atoms with E-state index in [1.54, 1.807) is 6.07 Å². The first-order valence-electron chi connectivity index (χ1n) is 9.99. The predicted molar refractivity (Wildman–Crippen MR) is 126 cm³/mol. The standard InChI is InChI=1S/C23H21ClN4O3S/c1-12-7-13(2)9-15(8-12)25-21(30)16-10-18(29)26-20-19(16)22(31)28-23(27-20)32-11-14-5-3-4-6-17(14)24/h3-9,16H,10-11H2,1-2H3,(H,25,30)(H2,26,27,28,29,31)/t16-/m1/s1. The number of rotatable bonds is 5. The molecule has 2 amide bonds. The number of halogens is 1. The van der Waals surface area contributed by atoms with Gasteiger partial charge >= 0.3 is 0 Å². The second kappa shape index (κ2) is 9.18. The van der Waals surface area contributed by atoms with Gasteiger partial charge in [-0.1, -0.05) is 47.6 Å². The summed E-state index contributed by atoms with van der Waals surface area (Å²) in [5.41, 5.74) is 3.24. The maximum atomic E-state index is 13.0. The van der Waals surface area contributed by atoms with E-state index in [1.807, 2.05) is 50.2 Å². The lowest BCUT2D eigenvalue weighted by molar-refractivity contribution is -0.123. The summed E-state index contributed by atoms with van der Waals surface area (Å²) in [6.45, 7) is 3.87. The number of aromatic nitrogens is 2. The van der Waals surface area contributed by atoms with Gasteiger partial charge < -0.3 is 15.6 Å². The third-order valence-electron chi connectivity index (χ3n) is 5.06. The third kappa shape index (κ3) is 4.87. The minimum atomic E-state index is -0.932. The highest BCUT2D eigenvalue weighted by Gasteiger charge is 2.34. The van der Waals surface area contributed by atoms with Gasteiger partial charge in [-0.3, -0.25) is 14.4 Å². The zero-order valence-corrected chi connectivity index (χ0v) is 19.1. The van der Waals surface area contributed by atoms with Crippen LogP contribution in [-0.2, 0) is 15.3 Å². The average molecular weight is 469 g/mol. The van der Waals surface area contributed by atoms with Crippen LogP contribution in [0.4, 0.5) is 11.5 Å². The largest absolute Gasteiger partial charge is 0.326 e. The van der Waals surface area contributed by atoms with Gasteiger partial charge in [-0.25, -0.2) is 4.98 Å². The van der Waals surface area contributed by atoms with Crippen molar-refractivity contribution in [3.63, 3.8) is 0 Å². The number of aromatic amines is 1. The second-order valence-corrected chi connectivity index (χ2v) is 9.06. The molecule has 32 heavy (non-hydrogen) atoms. The van der Waals surface area contributed by atoms with Gasteiger partial charge in [0, 0.05) is 22.9 Å². The van der Waals surface area contributed by atoms with Gasteiger partial charge in [0.2, 0.25) is 11.8 Å². The van der Waals surface area contributed by atoms with Crippen LogP contribution >= 0.6 is 23.4 Å². The molecule has 0 spiro atoms. The van der Waals surface area contributed by atoms with E-state index in [-0.39, 0.29) is 23.7 Å². The highest BCUT2D eigenvalue weighted by atomic mass is 35.5. The number of anilines is 2. The third-order valence-corrected chi connectivity index (χ3v) is 6.35. The molecule has 164 valence electrons. The Balaban J connectivity index is 1.59. The Hall–Kier alpha value is -3.10. The van der Waals surface area contributed by atoms with Crippen LogP contribution in [0.3, 0.4) is 0 Å². The molecule has 1 atom stereocenters. The molecule has 0 aliphatic carbocycles. The van der Waals surface area contributed by atoms with E-state index >= 15 is 0 Å². The lowest BCUT2D eigenvalue weighted by atomic mass is 9.92. The van der Waals surface area contributed by atoms with Gasteiger partial charge in [-0.05, 0) is 48.7 Å². The Bertz CT molecular complexity index is 1250. The van der Waals surface area contributed by atoms with Crippen LogP contribution in [0.5, 0.6) is 0 Å². The molecule has 1 aliphatic heterocycles. The number of amides is 2. The van der Waals surface area contributed by atoms with Crippen LogP contribution in [0.1, 0.15) is 34.6 Å². The van der Waals surface area contributed by atoms with Crippen molar-refractivity contribution >= 4 is 46.7 Å². The van der Waals surface area contributed by atoms with E-state index in [0.717, 1.165) is 16.7 Å². The smallest absolute Gasteiger partial charge is 0.257 e. The molecular weight excluding hydrogens is 448 g/mol. The normalized spacial score (nSPS) is 15.1. The van der Waals surface area contributed by atoms with Crippen molar-refractivity contribution < 1.29 is 9.59 Å². The van der Waals surface area contributed by atoms with Gasteiger partial charge in [-0.15, -0.1) is 0 Å². The van der Waals surface area contributed by atoms with Crippen LogP contribution in [0.2, 0.25) is 5.02 Å². The molecule has 0 unspecified atom stereocenters. The Kier molecular flexibility index (Phi) is 6.34. The van der Waals surface area contributed by atoms with E-state index in [9.17, 15) is 14.4 Å². The fourth-order valence-corrected chi connectivity index (χ4v) is 4.83. The summed E-state index contributed by atoms with van der Waals surface area (Å²) in [4.78, 5) is 45.3. The summed E-state index contributed by atoms with van der Waals surface area (Å²) >= 11 is 7.48. The second-order valence-electron chi connectivity index (χ2n) is 7.68. The van der Waals surface area contributed by atoms with Gasteiger partial charge in [-0.2, -0.15) is 0 Å². The number of nitrogens with one attached hydrogen (secondary N) is 3. The van der Waals surface area contributed by atoms with E-state index in [0.29, 0.717) is 21.6 Å². The lowest BCUT2D eigenvalue weighted by Crippen LogP contribution is -2.36. The summed E-state index contributed by atoms with van der Waals surface area (Å²) in [5, 5.41) is 6.42. The molecule has 4 rings (SSSR count). The van der Waals surface area contributed by atoms with Gasteiger partial charge in [0.25, 0.3) is 5.56 Å². The SMILES string of the molecule is Cc1cc(C)cc(NC(=O)[C@@H]2CC(=O)Nc3nc(SCc4ccccc4Cl)[nH]c(=O)c32)c1. The summed E-state index contributed by atoms with van der Waals surface area (Å²) in [5.74, 6) is -1.11. The molecule has 0 saturated heterocycles. The number of hydrogen-bond acceptors (Lipinski definition) is 5. The fraction of sp³-hybridized carbons (Fsp3) is 0.217. The number of nitrogens with zero attached hydrogens (tertiary/aromatic N) is 1. The average Bonchev–Trinajstić information content (AvgIpc) is 2.71. The maximum Gasteiger partial charge on any atom is 0.257 e. The number of fused-ring (bicyclic) bond motifs is 1. The molecule has 0 radical (unpaired) electrons. The van der Waals surface area contributed by atoms with E-state index < -0.39 is 17.4 Å². The zero-order valence-electron chi connectivity index (χ0n) is 17.5. The van der Waals surface area contributed by atoms with E-state index in [1.165, 1.54) is 11.8 Å². The molecule has 1 aliphatic rings. The highest BCUT2D eigenvalue weighted by molar-refractivity contribution is 7.98. The molecule has 2 aromatic carbocycles. The number of aryl methyl sites for hydroxylation is 2. The van der Waals surface area contributed by atoms with Crippen molar-refractivity contribution in [2.75, 3.05) is 10.6 Å². The number of H-pyrrole nitrogens is 1. The van der Waals surface area contributed by atoms with Crippen molar-refractivity contribution in [2.24, 2.45) is 0 Å². The van der Waals surface area contributed by atoms with E-state index in [4.69, 9.17) is 11.6 Å². The number of hydrogen-bond donors (Lipinski definition) is 3. The topological polar surface area (TPSA) is 104 Å². The Labute approximate surface area is 194 Å². The highest BCUT2D eigenvalue weighted by Crippen LogP contribution is 2.31. The molecule has 0 fully saturated rings. The van der Waals surface area contributed by atoms with Crippen molar-refractivity contribution in [1.82, 2.24) is 9.97 Å². The van der Waals surface area contributed by atoms with Gasteiger partial charge in [0.1, 0.15) is 5.82 Å². The molecule has 3 aromatic rings. The first kappa shape index (κ1) is 22.1. The molecule has 7 nitrogen and oxygen atoms in total. The van der Waals surface area contributed by atoms with Crippen LogP contribution in [-0.4, -0.2) is 21.8 Å². The first-order chi connectivity index (χ1) is 15.3. The minimum absolute atomic E-state index is 0.118. The monoisotopic (exact) mass is 468 g/mol. The lowest BCUT2D eigenvalue weighted by Gasteiger charge is -2.23. The Morgan fingerprint density at radius 1 is 1.19 bits per heavy atom. The quantitative estimate of drug-likeness (QED) is 0.380. The van der Waals surface area contributed by atoms with Gasteiger partial charge in [0.15, 0.2) is 5.16 Å². The molecule has 3 N–H and O–H groups in total. The van der Waals surface area contributed by atoms with Crippen molar-refractivity contribution in [1.29, 1.82) is 0 Å². The molecule has 9 heteroatoms. The van der Waals surface area contributed by atoms with Crippen LogP contribution in [0.15, 0.2) is 52.4 Å². The molecule has 0 bridgehead atoms. The molecule has 0 saturated carbocycles. The molecular formula is C23H21ClN4O3S. The summed E-state index contributed by atoms with van der Waals surface area (Å²) in [7, 11) is 0. The summed E-state index contributed by atoms with van der Waals surface area (Å²) < 4.78 is 0. The number of benzene rings is 2. The van der Waals surface area contributed by atoms with E-state index in [2.05, 4.69) is 20.6 Å². The summed E-state index contributed by atoms with van der Waals surface area (Å²) in [6.07, 6.45) is -0.125. The molecule has 1 aromatic heterocycles. The Morgan fingerprint density at radius 2 is 1.91 bits per heavy atom. The minimum Gasteiger partial charge on any atom is -0.326 e. The first-order valence-corrected chi connectivity index (χ1v) is 11.4. The predicted octanol–water partition coefficient (Wildman–Crippen LogP) is 4.40. The van der Waals surface area contributed by atoms with Crippen LogP contribution < -0.4 is 16.2 Å². The van der Waals surface area contributed by atoms with Gasteiger partial charge in [0.05, 0.1) is 11.5 Å². The maximum absolute atomic E-state index is 13.0. The van der Waals surface area contributed by atoms with Crippen LogP contribution in [0.25, 0.3) is 0 Å². The number of carbonyl (C=O) groups is 2. The summed E-state index contributed by atoms with van der Waals surface area (Å²) in [6, 6.07) is 13.1. The fourth-order valence-electron chi connectivity index (χ4n) is 3.68. The number of carbonyl (C=O) groups excluding carboxylic acids is 2. The van der Waals surface area contributed by atoms with Crippen molar-refractivity contribution in [3.8, 4) is 0 Å². The molecule has 2 heterocycles. The van der Waals surface area contributed by atoms with Crippen LogP contribution in [0, 0.1) is 13.8 Å². The zero-order chi connectivity index (χ0) is 22.8. The van der Waals surface area contributed by atoms with Crippen molar-refractivity contribution in [3.05, 3.63) is 80.1 Å². The number of thioether (sulfide) groups is 1. The van der Waals surface area contributed by atoms with Crippen molar-refractivity contribution in [2.45, 2.75) is 37.1 Å². The Morgan fingerprint density at radius 3 is 2.62 bits per heavy atom.